The first kappa shape index (κ1) is 22.5. The molecule has 0 radical (unpaired) electrons. The molecule has 0 spiro atoms. The Balaban J connectivity index is 2.01. The number of benzene rings is 2. The summed E-state index contributed by atoms with van der Waals surface area (Å²) >= 11 is 0. The van der Waals surface area contributed by atoms with Crippen LogP contribution in [0.2, 0.25) is 0 Å². The molecule has 2 aromatic rings. The van der Waals surface area contributed by atoms with Crippen molar-refractivity contribution in [2.75, 3.05) is 0 Å². The SMILES string of the molecule is CC(NC(=O)C(OCc1cccc(C(F)F)c1)C(C)C)c1ccc(C(=O)O)cc1. The Labute approximate surface area is 168 Å². The number of carbonyl (C=O) groups excluding carboxylic acids is 1. The van der Waals surface area contributed by atoms with Crippen molar-refractivity contribution in [2.24, 2.45) is 5.92 Å². The molecule has 2 atom stereocenters. The summed E-state index contributed by atoms with van der Waals surface area (Å²) < 4.78 is 31.4. The number of ether oxygens (including phenoxy) is 1. The Morgan fingerprint density at radius 2 is 1.69 bits per heavy atom. The van der Waals surface area contributed by atoms with Crippen molar-refractivity contribution in [3.8, 4) is 0 Å². The van der Waals surface area contributed by atoms with E-state index in [0.29, 0.717) is 5.56 Å². The second-order valence-corrected chi connectivity index (χ2v) is 7.18. The van der Waals surface area contributed by atoms with Crippen LogP contribution in [0.4, 0.5) is 8.78 Å². The number of halogens is 2. The summed E-state index contributed by atoms with van der Waals surface area (Å²) in [5, 5.41) is 11.8. The molecule has 0 aliphatic rings. The summed E-state index contributed by atoms with van der Waals surface area (Å²) in [7, 11) is 0. The van der Waals surface area contributed by atoms with Gasteiger partial charge in [0.2, 0.25) is 5.91 Å². The highest BCUT2D eigenvalue weighted by Crippen LogP contribution is 2.21. The molecule has 0 aliphatic heterocycles. The zero-order valence-electron chi connectivity index (χ0n) is 16.6. The Kier molecular flexibility index (Phi) is 7.84. The van der Waals surface area contributed by atoms with Crippen molar-refractivity contribution in [3.63, 3.8) is 0 Å². The van der Waals surface area contributed by atoms with Gasteiger partial charge in [-0.2, -0.15) is 0 Å². The maximum Gasteiger partial charge on any atom is 0.335 e. The first-order chi connectivity index (χ1) is 13.7. The van der Waals surface area contributed by atoms with Gasteiger partial charge in [0, 0.05) is 5.56 Å². The highest BCUT2D eigenvalue weighted by Gasteiger charge is 2.25. The maximum atomic E-state index is 12.8. The van der Waals surface area contributed by atoms with E-state index in [-0.39, 0.29) is 35.6 Å². The Morgan fingerprint density at radius 3 is 2.24 bits per heavy atom. The highest BCUT2D eigenvalue weighted by molar-refractivity contribution is 5.87. The molecule has 29 heavy (non-hydrogen) atoms. The zero-order valence-corrected chi connectivity index (χ0v) is 16.6. The molecule has 0 aromatic heterocycles. The van der Waals surface area contributed by atoms with Crippen LogP contribution in [-0.2, 0) is 16.1 Å². The van der Waals surface area contributed by atoms with Crippen LogP contribution in [0.3, 0.4) is 0 Å². The molecule has 0 saturated carbocycles. The molecule has 2 aromatic carbocycles. The molecule has 0 fully saturated rings. The second kappa shape index (κ2) is 10.1. The minimum Gasteiger partial charge on any atom is -0.478 e. The lowest BCUT2D eigenvalue weighted by Crippen LogP contribution is -2.40. The predicted molar refractivity (Wildman–Crippen MR) is 105 cm³/mol. The number of amides is 1. The van der Waals surface area contributed by atoms with E-state index < -0.39 is 18.5 Å². The van der Waals surface area contributed by atoms with Gasteiger partial charge in [-0.3, -0.25) is 4.79 Å². The minimum atomic E-state index is -2.56. The lowest BCUT2D eigenvalue weighted by Gasteiger charge is -2.24. The third-order valence-electron chi connectivity index (χ3n) is 4.51. The van der Waals surface area contributed by atoms with Crippen LogP contribution in [0, 0.1) is 5.92 Å². The van der Waals surface area contributed by atoms with Gasteiger partial charge in [0.15, 0.2) is 0 Å². The zero-order chi connectivity index (χ0) is 21.6. The molecule has 2 unspecified atom stereocenters. The normalized spacial score (nSPS) is 13.3. The monoisotopic (exact) mass is 405 g/mol. The van der Waals surface area contributed by atoms with Crippen molar-refractivity contribution >= 4 is 11.9 Å². The quantitative estimate of drug-likeness (QED) is 0.632. The van der Waals surface area contributed by atoms with Crippen LogP contribution in [0.25, 0.3) is 0 Å². The third kappa shape index (κ3) is 6.35. The fourth-order valence-corrected chi connectivity index (χ4v) is 2.87. The molecule has 2 rings (SSSR count). The maximum absolute atomic E-state index is 12.8. The molecule has 0 saturated heterocycles. The Morgan fingerprint density at radius 1 is 1.03 bits per heavy atom. The standard InChI is InChI=1S/C22H25F2NO4/c1-13(2)19(29-12-15-5-4-6-18(11-15)20(23)24)21(26)25-14(3)16-7-9-17(10-8-16)22(27)28/h4-11,13-14,19-20H,12H2,1-3H3,(H,25,26)(H,27,28). The van der Waals surface area contributed by atoms with Gasteiger partial charge in [-0.25, -0.2) is 13.6 Å². The summed E-state index contributed by atoms with van der Waals surface area (Å²) in [6, 6.07) is 11.8. The molecule has 156 valence electrons. The van der Waals surface area contributed by atoms with Gasteiger partial charge < -0.3 is 15.2 Å². The summed E-state index contributed by atoms with van der Waals surface area (Å²) in [6.07, 6.45) is -3.32. The van der Waals surface area contributed by atoms with Crippen LogP contribution in [0.15, 0.2) is 48.5 Å². The topological polar surface area (TPSA) is 75.6 Å². The number of rotatable bonds is 9. The number of carboxylic acid groups (broad SMARTS) is 1. The number of carbonyl (C=O) groups is 2. The lowest BCUT2D eigenvalue weighted by atomic mass is 10.0. The molecular formula is C22H25F2NO4. The van der Waals surface area contributed by atoms with Crippen LogP contribution in [0.1, 0.15) is 60.3 Å². The van der Waals surface area contributed by atoms with E-state index in [1.165, 1.54) is 30.3 Å². The van der Waals surface area contributed by atoms with Crippen LogP contribution >= 0.6 is 0 Å². The van der Waals surface area contributed by atoms with E-state index >= 15 is 0 Å². The number of nitrogens with one attached hydrogen (secondary N) is 1. The summed E-state index contributed by atoms with van der Waals surface area (Å²) in [5.41, 5.74) is 1.41. The van der Waals surface area contributed by atoms with Gasteiger partial charge in [-0.1, -0.05) is 44.2 Å². The van der Waals surface area contributed by atoms with Crippen molar-refractivity contribution < 1.29 is 28.2 Å². The second-order valence-electron chi connectivity index (χ2n) is 7.18. The van der Waals surface area contributed by atoms with E-state index in [9.17, 15) is 18.4 Å². The molecular weight excluding hydrogens is 380 g/mol. The first-order valence-corrected chi connectivity index (χ1v) is 9.31. The van der Waals surface area contributed by atoms with Crippen molar-refractivity contribution in [2.45, 2.75) is 45.9 Å². The predicted octanol–water partition coefficient (Wildman–Crippen LogP) is 4.74. The molecule has 0 heterocycles. The van der Waals surface area contributed by atoms with Crippen LogP contribution in [-0.4, -0.2) is 23.1 Å². The van der Waals surface area contributed by atoms with Crippen molar-refractivity contribution in [1.29, 1.82) is 0 Å². The molecule has 2 N–H and O–H groups in total. The van der Waals surface area contributed by atoms with Crippen LogP contribution in [0.5, 0.6) is 0 Å². The van der Waals surface area contributed by atoms with Gasteiger partial charge in [0.05, 0.1) is 18.2 Å². The Bertz CT molecular complexity index is 837. The first-order valence-electron chi connectivity index (χ1n) is 9.31. The van der Waals surface area contributed by atoms with Gasteiger partial charge in [0.1, 0.15) is 6.10 Å². The van der Waals surface area contributed by atoms with Crippen molar-refractivity contribution in [1.82, 2.24) is 5.32 Å². The third-order valence-corrected chi connectivity index (χ3v) is 4.51. The van der Waals surface area contributed by atoms with E-state index in [1.54, 1.807) is 25.1 Å². The lowest BCUT2D eigenvalue weighted by molar-refractivity contribution is -0.137. The number of hydrogen-bond donors (Lipinski definition) is 2. The fraction of sp³-hybridized carbons (Fsp3) is 0.364. The smallest absolute Gasteiger partial charge is 0.335 e. The van der Waals surface area contributed by atoms with Crippen LogP contribution < -0.4 is 5.32 Å². The van der Waals surface area contributed by atoms with E-state index in [0.717, 1.165) is 5.56 Å². The summed E-state index contributed by atoms with van der Waals surface area (Å²) in [6.45, 7) is 5.51. The Hall–Kier alpha value is -2.80. The van der Waals surface area contributed by atoms with E-state index in [1.807, 2.05) is 13.8 Å². The molecule has 0 bridgehead atoms. The van der Waals surface area contributed by atoms with Gasteiger partial charge in [-0.05, 0) is 42.2 Å². The van der Waals surface area contributed by atoms with Gasteiger partial charge in [-0.15, -0.1) is 0 Å². The largest absolute Gasteiger partial charge is 0.478 e. The fourth-order valence-electron chi connectivity index (χ4n) is 2.87. The number of alkyl halides is 2. The number of hydrogen-bond acceptors (Lipinski definition) is 3. The minimum absolute atomic E-state index is 0.0402. The van der Waals surface area contributed by atoms with Gasteiger partial charge >= 0.3 is 5.97 Å². The molecule has 5 nitrogen and oxygen atoms in total. The summed E-state index contributed by atoms with van der Waals surface area (Å²) in [5.74, 6) is -1.47. The average Bonchev–Trinajstić information content (AvgIpc) is 2.68. The molecule has 0 aliphatic carbocycles. The van der Waals surface area contributed by atoms with Gasteiger partial charge in [0.25, 0.3) is 6.43 Å². The van der Waals surface area contributed by atoms with Crippen molar-refractivity contribution in [3.05, 3.63) is 70.8 Å². The highest BCUT2D eigenvalue weighted by atomic mass is 19.3. The van der Waals surface area contributed by atoms with E-state index in [4.69, 9.17) is 9.84 Å². The summed E-state index contributed by atoms with van der Waals surface area (Å²) in [4.78, 5) is 23.6. The number of aromatic carboxylic acids is 1. The van der Waals surface area contributed by atoms with E-state index in [2.05, 4.69) is 5.32 Å². The average molecular weight is 405 g/mol. The molecule has 7 heteroatoms. The molecule has 1 amide bonds. The number of carboxylic acids is 1.